The summed E-state index contributed by atoms with van der Waals surface area (Å²) in [6.07, 6.45) is 4.29. The fraction of sp³-hybridized carbons (Fsp3) is 0.471. The molecule has 2 aromatic rings. The van der Waals surface area contributed by atoms with E-state index in [1.54, 1.807) is 0 Å². The highest BCUT2D eigenvalue weighted by molar-refractivity contribution is 6.31. The topological polar surface area (TPSA) is 29.9 Å². The van der Waals surface area contributed by atoms with Crippen molar-refractivity contribution in [3.05, 3.63) is 52.3 Å². The van der Waals surface area contributed by atoms with Crippen molar-refractivity contribution in [3.63, 3.8) is 0 Å². The summed E-state index contributed by atoms with van der Waals surface area (Å²) in [4.78, 5) is 0. The molecule has 112 valence electrons. The van der Waals surface area contributed by atoms with Gasteiger partial charge in [0.1, 0.15) is 0 Å². The molecule has 1 aliphatic rings. The van der Waals surface area contributed by atoms with Gasteiger partial charge in [0.05, 0.1) is 6.20 Å². The number of hydrogen-bond acceptors (Lipinski definition) is 2. The number of aryl methyl sites for hydroxylation is 1. The first-order chi connectivity index (χ1) is 10.1. The Bertz CT molecular complexity index is 629. The summed E-state index contributed by atoms with van der Waals surface area (Å²) >= 11 is 6.27. The van der Waals surface area contributed by atoms with Gasteiger partial charge in [-0.1, -0.05) is 29.8 Å². The second-order valence-electron chi connectivity index (χ2n) is 6.08. The van der Waals surface area contributed by atoms with Crippen LogP contribution in [-0.4, -0.2) is 15.8 Å². The first-order valence-corrected chi connectivity index (χ1v) is 7.93. The Balaban J connectivity index is 1.58. The third-order valence-corrected chi connectivity index (χ3v) is 5.05. The number of aromatic nitrogens is 2. The highest BCUT2D eigenvalue weighted by Crippen LogP contribution is 2.40. The monoisotopic (exact) mass is 303 g/mol. The van der Waals surface area contributed by atoms with Gasteiger partial charge in [-0.15, -0.1) is 0 Å². The summed E-state index contributed by atoms with van der Waals surface area (Å²) in [5.74, 6) is 0.596. The average Bonchev–Trinajstić information content (AvgIpc) is 2.75. The van der Waals surface area contributed by atoms with Gasteiger partial charge in [0.15, 0.2) is 0 Å². The molecule has 4 heteroatoms. The Hall–Kier alpha value is -1.32. The molecular weight excluding hydrogens is 282 g/mol. The largest absolute Gasteiger partial charge is 0.307 e. The number of nitrogens with zero attached hydrogens (tertiary/aromatic N) is 2. The smallest absolute Gasteiger partial charge is 0.0540 e. The molecule has 1 saturated carbocycles. The Kier molecular flexibility index (Phi) is 4.05. The quantitative estimate of drug-likeness (QED) is 0.926. The fourth-order valence-corrected chi connectivity index (χ4v) is 3.49. The van der Waals surface area contributed by atoms with Gasteiger partial charge in [0.25, 0.3) is 0 Å². The van der Waals surface area contributed by atoms with Gasteiger partial charge in [-0.25, -0.2) is 0 Å². The second-order valence-corrected chi connectivity index (χ2v) is 6.49. The van der Waals surface area contributed by atoms with Crippen LogP contribution in [0.2, 0.25) is 5.02 Å². The minimum Gasteiger partial charge on any atom is -0.307 e. The predicted octanol–water partition coefficient (Wildman–Crippen LogP) is 3.98. The first kappa shape index (κ1) is 14.6. The lowest BCUT2D eigenvalue weighted by Gasteiger charge is -2.38. The average molecular weight is 304 g/mol. The molecule has 1 unspecified atom stereocenters. The zero-order valence-electron chi connectivity index (χ0n) is 12.8. The van der Waals surface area contributed by atoms with E-state index in [1.165, 1.54) is 16.8 Å². The van der Waals surface area contributed by atoms with Gasteiger partial charge in [-0.2, -0.15) is 5.10 Å². The molecule has 1 aliphatic carbocycles. The molecule has 0 radical (unpaired) electrons. The zero-order chi connectivity index (χ0) is 15.0. The van der Waals surface area contributed by atoms with Crippen LogP contribution in [-0.2, 0) is 7.05 Å². The van der Waals surface area contributed by atoms with E-state index in [9.17, 15) is 0 Å². The lowest BCUT2D eigenvalue weighted by molar-refractivity contribution is 0.270. The van der Waals surface area contributed by atoms with Crippen molar-refractivity contribution >= 4 is 11.6 Å². The summed E-state index contributed by atoms with van der Waals surface area (Å²) in [5, 5.41) is 8.93. The van der Waals surface area contributed by atoms with Gasteiger partial charge in [0, 0.05) is 35.4 Å². The highest BCUT2D eigenvalue weighted by Gasteiger charge is 2.32. The maximum Gasteiger partial charge on any atom is 0.0540 e. The Labute approximate surface area is 131 Å². The fourth-order valence-electron chi connectivity index (χ4n) is 3.20. The standard InChI is InChI=1S/C17H22ClN3/c1-11(16-10-19-21(3)12(16)2)20-14-8-13(9-14)15-6-4-5-7-17(15)18/h4-7,10-11,13-14,20H,8-9H2,1-3H3. The van der Waals surface area contributed by atoms with Crippen molar-refractivity contribution in [3.8, 4) is 0 Å². The van der Waals surface area contributed by atoms with Crippen LogP contribution in [0.25, 0.3) is 0 Å². The summed E-state index contributed by atoms with van der Waals surface area (Å²) in [5.41, 5.74) is 3.82. The number of nitrogens with one attached hydrogen (secondary N) is 1. The van der Waals surface area contributed by atoms with Crippen LogP contribution in [0.5, 0.6) is 0 Å². The van der Waals surface area contributed by atoms with Gasteiger partial charge in [0.2, 0.25) is 0 Å². The molecule has 1 atom stereocenters. The number of rotatable bonds is 4. The summed E-state index contributed by atoms with van der Waals surface area (Å²) < 4.78 is 1.93. The minimum absolute atomic E-state index is 0.343. The van der Waals surface area contributed by atoms with Gasteiger partial charge in [-0.3, -0.25) is 4.68 Å². The molecule has 3 rings (SSSR count). The highest BCUT2D eigenvalue weighted by atomic mass is 35.5. The zero-order valence-corrected chi connectivity index (χ0v) is 13.6. The van der Waals surface area contributed by atoms with Crippen LogP contribution in [0.4, 0.5) is 0 Å². The first-order valence-electron chi connectivity index (χ1n) is 7.55. The molecular formula is C17H22ClN3. The molecule has 3 nitrogen and oxygen atoms in total. The summed E-state index contributed by atoms with van der Waals surface area (Å²) in [6.45, 7) is 4.33. The minimum atomic E-state index is 0.343. The number of benzene rings is 1. The van der Waals surface area contributed by atoms with E-state index in [4.69, 9.17) is 11.6 Å². The van der Waals surface area contributed by atoms with E-state index in [2.05, 4.69) is 36.4 Å². The van der Waals surface area contributed by atoms with Crippen molar-refractivity contribution in [2.45, 2.75) is 44.7 Å². The van der Waals surface area contributed by atoms with Crippen molar-refractivity contribution in [2.75, 3.05) is 0 Å². The van der Waals surface area contributed by atoms with E-state index in [-0.39, 0.29) is 0 Å². The van der Waals surface area contributed by atoms with Gasteiger partial charge < -0.3 is 5.32 Å². The predicted molar refractivity (Wildman–Crippen MR) is 86.7 cm³/mol. The number of hydrogen-bond donors (Lipinski definition) is 1. The number of halogens is 1. The molecule has 1 aromatic heterocycles. The van der Waals surface area contributed by atoms with E-state index >= 15 is 0 Å². The maximum atomic E-state index is 6.27. The normalized spacial score (nSPS) is 22.9. The van der Waals surface area contributed by atoms with Crippen molar-refractivity contribution < 1.29 is 0 Å². The van der Waals surface area contributed by atoms with E-state index in [0.29, 0.717) is 18.0 Å². The molecule has 1 aromatic carbocycles. The van der Waals surface area contributed by atoms with Crippen LogP contribution in [0.3, 0.4) is 0 Å². The van der Waals surface area contributed by atoms with E-state index in [0.717, 1.165) is 17.9 Å². The third kappa shape index (κ3) is 2.85. The summed E-state index contributed by atoms with van der Waals surface area (Å²) in [6, 6.07) is 9.12. The van der Waals surface area contributed by atoms with Gasteiger partial charge >= 0.3 is 0 Å². The Morgan fingerprint density at radius 3 is 2.67 bits per heavy atom. The van der Waals surface area contributed by atoms with Crippen LogP contribution >= 0.6 is 11.6 Å². The van der Waals surface area contributed by atoms with Crippen LogP contribution in [0.15, 0.2) is 30.5 Å². The van der Waals surface area contributed by atoms with E-state index < -0.39 is 0 Å². The Morgan fingerprint density at radius 2 is 2.05 bits per heavy atom. The van der Waals surface area contributed by atoms with Crippen molar-refractivity contribution in [1.82, 2.24) is 15.1 Å². The molecule has 0 spiro atoms. The maximum absolute atomic E-state index is 6.27. The molecule has 1 heterocycles. The molecule has 0 saturated heterocycles. The molecule has 0 aliphatic heterocycles. The molecule has 0 bridgehead atoms. The Morgan fingerprint density at radius 1 is 1.33 bits per heavy atom. The lowest BCUT2D eigenvalue weighted by Crippen LogP contribution is -2.41. The molecule has 1 fully saturated rings. The van der Waals surface area contributed by atoms with E-state index in [1.807, 2.05) is 30.1 Å². The van der Waals surface area contributed by atoms with Crippen LogP contribution in [0.1, 0.15) is 48.5 Å². The van der Waals surface area contributed by atoms with Crippen molar-refractivity contribution in [1.29, 1.82) is 0 Å². The van der Waals surface area contributed by atoms with Crippen LogP contribution < -0.4 is 5.32 Å². The third-order valence-electron chi connectivity index (χ3n) is 4.71. The summed E-state index contributed by atoms with van der Waals surface area (Å²) in [7, 11) is 1.99. The molecule has 21 heavy (non-hydrogen) atoms. The van der Waals surface area contributed by atoms with Crippen LogP contribution in [0, 0.1) is 6.92 Å². The lowest BCUT2D eigenvalue weighted by atomic mass is 9.75. The SMILES string of the molecule is Cc1c(C(C)NC2CC(c3ccccc3Cl)C2)cnn1C. The second kappa shape index (κ2) is 5.82. The molecule has 0 amide bonds. The van der Waals surface area contributed by atoms with Crippen molar-refractivity contribution in [2.24, 2.45) is 7.05 Å². The van der Waals surface area contributed by atoms with Gasteiger partial charge in [-0.05, 0) is 44.2 Å². The molecule has 1 N–H and O–H groups in total.